The molecule has 0 aliphatic carbocycles. The van der Waals surface area contributed by atoms with Crippen LogP contribution in [0.2, 0.25) is 5.02 Å². The van der Waals surface area contributed by atoms with E-state index in [9.17, 15) is 18.0 Å². The van der Waals surface area contributed by atoms with Gasteiger partial charge in [0.05, 0.1) is 26.2 Å². The standard InChI is InChI=1S/C31H38ClN3O6S/c1-31(2,3)33-30(37)27(18-22-11-8-7-9-12-22)34(20-23-13-10-14-25(17-23)40-4)29(36)21-35(42(6,38)39)26-19-24(32)15-16-28(26)41-5/h7-17,19,27H,18,20-21H2,1-6H3,(H,33,37)/t27-/m1/s1. The molecule has 3 rings (SSSR count). The monoisotopic (exact) mass is 615 g/mol. The van der Waals surface area contributed by atoms with Crippen molar-refractivity contribution in [3.05, 3.63) is 88.9 Å². The maximum Gasteiger partial charge on any atom is 0.244 e. The fourth-order valence-electron chi connectivity index (χ4n) is 4.43. The van der Waals surface area contributed by atoms with Crippen LogP contribution in [0.3, 0.4) is 0 Å². The second kappa shape index (κ2) is 13.9. The van der Waals surface area contributed by atoms with Crippen molar-refractivity contribution in [1.29, 1.82) is 0 Å². The molecule has 1 N–H and O–H groups in total. The Morgan fingerprint density at radius 2 is 1.60 bits per heavy atom. The van der Waals surface area contributed by atoms with Crippen molar-refractivity contribution in [2.45, 2.75) is 45.3 Å². The van der Waals surface area contributed by atoms with Gasteiger partial charge in [-0.3, -0.25) is 13.9 Å². The molecule has 42 heavy (non-hydrogen) atoms. The van der Waals surface area contributed by atoms with Gasteiger partial charge in [-0.2, -0.15) is 0 Å². The van der Waals surface area contributed by atoms with E-state index in [0.717, 1.165) is 16.1 Å². The Balaban J connectivity index is 2.13. The highest BCUT2D eigenvalue weighted by Gasteiger charge is 2.35. The lowest BCUT2D eigenvalue weighted by Crippen LogP contribution is -2.56. The summed E-state index contributed by atoms with van der Waals surface area (Å²) in [4.78, 5) is 29.5. The predicted octanol–water partition coefficient (Wildman–Crippen LogP) is 4.68. The van der Waals surface area contributed by atoms with Gasteiger partial charge >= 0.3 is 0 Å². The maximum atomic E-state index is 14.3. The van der Waals surface area contributed by atoms with Gasteiger partial charge in [-0.25, -0.2) is 8.42 Å². The van der Waals surface area contributed by atoms with Crippen molar-refractivity contribution in [1.82, 2.24) is 10.2 Å². The molecule has 2 amide bonds. The molecule has 0 fully saturated rings. The van der Waals surface area contributed by atoms with Gasteiger partial charge in [-0.15, -0.1) is 0 Å². The molecule has 11 heteroatoms. The largest absolute Gasteiger partial charge is 0.497 e. The molecule has 0 radical (unpaired) electrons. The number of hydrogen-bond donors (Lipinski definition) is 1. The number of benzene rings is 3. The van der Waals surface area contributed by atoms with Crippen LogP contribution in [-0.2, 0) is 32.6 Å². The fourth-order valence-corrected chi connectivity index (χ4v) is 5.44. The third-order valence-corrected chi connectivity index (χ3v) is 7.71. The van der Waals surface area contributed by atoms with Crippen LogP contribution in [0.1, 0.15) is 31.9 Å². The van der Waals surface area contributed by atoms with E-state index in [1.165, 1.54) is 24.1 Å². The summed E-state index contributed by atoms with van der Waals surface area (Å²) in [6.07, 6.45) is 1.21. The average Bonchev–Trinajstić information content (AvgIpc) is 2.92. The number of nitrogens with one attached hydrogen (secondary N) is 1. The van der Waals surface area contributed by atoms with E-state index < -0.39 is 34.1 Å². The zero-order valence-corrected chi connectivity index (χ0v) is 26.3. The number of ether oxygens (including phenoxy) is 2. The molecule has 0 spiro atoms. The van der Waals surface area contributed by atoms with Crippen molar-refractivity contribution in [3.63, 3.8) is 0 Å². The summed E-state index contributed by atoms with van der Waals surface area (Å²) in [5.74, 6) is -0.146. The fraction of sp³-hybridized carbons (Fsp3) is 0.355. The summed E-state index contributed by atoms with van der Waals surface area (Å²) in [7, 11) is -1.05. The molecular weight excluding hydrogens is 578 g/mol. The zero-order valence-electron chi connectivity index (χ0n) is 24.8. The Bertz CT molecular complexity index is 1490. The topological polar surface area (TPSA) is 105 Å². The van der Waals surface area contributed by atoms with Crippen LogP contribution in [0.5, 0.6) is 11.5 Å². The number of sulfonamides is 1. The van der Waals surface area contributed by atoms with E-state index in [-0.39, 0.29) is 35.3 Å². The molecular formula is C31H38ClN3O6S. The van der Waals surface area contributed by atoms with E-state index >= 15 is 0 Å². The van der Waals surface area contributed by atoms with Crippen molar-refractivity contribution in [3.8, 4) is 11.5 Å². The SMILES string of the molecule is COc1cccc(CN(C(=O)CN(c2cc(Cl)ccc2OC)S(C)(=O)=O)[C@H](Cc2ccccc2)C(=O)NC(C)(C)C)c1. The van der Waals surface area contributed by atoms with Crippen LogP contribution in [0.25, 0.3) is 0 Å². The lowest BCUT2D eigenvalue weighted by atomic mass is 10.0. The van der Waals surface area contributed by atoms with Gasteiger partial charge < -0.3 is 19.7 Å². The number of anilines is 1. The van der Waals surface area contributed by atoms with E-state index in [4.69, 9.17) is 21.1 Å². The number of methoxy groups -OCH3 is 2. The van der Waals surface area contributed by atoms with E-state index in [1.807, 2.05) is 57.2 Å². The van der Waals surface area contributed by atoms with Crippen LogP contribution in [0.4, 0.5) is 5.69 Å². The Kier molecular flexibility index (Phi) is 10.9. The second-order valence-corrected chi connectivity index (χ2v) is 13.2. The van der Waals surface area contributed by atoms with Gasteiger partial charge in [0.15, 0.2) is 0 Å². The minimum Gasteiger partial charge on any atom is -0.497 e. The Morgan fingerprint density at radius 1 is 0.929 bits per heavy atom. The zero-order chi connectivity index (χ0) is 31.1. The summed E-state index contributed by atoms with van der Waals surface area (Å²) in [5.41, 5.74) is 1.08. The van der Waals surface area contributed by atoms with E-state index in [0.29, 0.717) is 11.3 Å². The number of carbonyl (C=O) groups excluding carboxylic acids is 2. The van der Waals surface area contributed by atoms with Gasteiger partial charge in [-0.1, -0.05) is 54.1 Å². The van der Waals surface area contributed by atoms with Crippen LogP contribution in [-0.4, -0.2) is 63.7 Å². The Morgan fingerprint density at radius 3 is 2.19 bits per heavy atom. The van der Waals surface area contributed by atoms with Gasteiger partial charge in [0.2, 0.25) is 21.8 Å². The van der Waals surface area contributed by atoms with Gasteiger partial charge in [-0.05, 0) is 62.2 Å². The van der Waals surface area contributed by atoms with Crippen LogP contribution < -0.4 is 19.1 Å². The minimum atomic E-state index is -3.99. The molecule has 226 valence electrons. The summed E-state index contributed by atoms with van der Waals surface area (Å²) < 4.78 is 37.8. The highest BCUT2D eigenvalue weighted by Crippen LogP contribution is 2.33. The van der Waals surface area contributed by atoms with Crippen molar-refractivity contribution >= 4 is 39.1 Å². The first-order valence-electron chi connectivity index (χ1n) is 13.3. The molecule has 0 aromatic heterocycles. The average molecular weight is 616 g/mol. The first kappa shape index (κ1) is 32.8. The first-order chi connectivity index (χ1) is 19.7. The summed E-state index contributed by atoms with van der Waals surface area (Å²) in [5, 5.41) is 3.27. The first-order valence-corrected chi connectivity index (χ1v) is 15.5. The smallest absolute Gasteiger partial charge is 0.244 e. The molecule has 1 atom stereocenters. The molecule has 0 bridgehead atoms. The van der Waals surface area contributed by atoms with Crippen molar-refractivity contribution < 1.29 is 27.5 Å². The number of amides is 2. The molecule has 3 aromatic carbocycles. The van der Waals surface area contributed by atoms with Gasteiger partial charge in [0, 0.05) is 23.5 Å². The lowest BCUT2D eigenvalue weighted by Gasteiger charge is -2.35. The molecule has 3 aromatic rings. The highest BCUT2D eigenvalue weighted by atomic mass is 35.5. The second-order valence-electron chi connectivity index (χ2n) is 10.9. The summed E-state index contributed by atoms with van der Waals surface area (Å²) in [6, 6.07) is 20.1. The Labute approximate surface area is 253 Å². The maximum absolute atomic E-state index is 14.3. The molecule has 0 aliphatic heterocycles. The molecule has 9 nitrogen and oxygen atoms in total. The number of carbonyl (C=O) groups is 2. The van der Waals surface area contributed by atoms with E-state index in [2.05, 4.69) is 5.32 Å². The number of nitrogens with zero attached hydrogens (tertiary/aromatic N) is 2. The third kappa shape index (κ3) is 9.12. The van der Waals surface area contributed by atoms with Gasteiger partial charge in [0.25, 0.3) is 0 Å². The molecule has 0 aliphatic rings. The Hall–Kier alpha value is -3.76. The van der Waals surface area contributed by atoms with Crippen molar-refractivity contribution in [2.75, 3.05) is 31.3 Å². The third-order valence-electron chi connectivity index (χ3n) is 6.35. The quantitative estimate of drug-likeness (QED) is 0.317. The summed E-state index contributed by atoms with van der Waals surface area (Å²) >= 11 is 6.21. The normalized spacial score (nSPS) is 12.3. The van der Waals surface area contributed by atoms with Crippen molar-refractivity contribution in [2.24, 2.45) is 0 Å². The molecule has 0 saturated carbocycles. The lowest BCUT2D eigenvalue weighted by molar-refractivity contribution is -0.140. The van der Waals surface area contributed by atoms with E-state index in [1.54, 1.807) is 31.4 Å². The number of rotatable bonds is 12. The number of hydrogen-bond acceptors (Lipinski definition) is 6. The van der Waals surface area contributed by atoms with Crippen LogP contribution >= 0.6 is 11.6 Å². The molecule has 0 unspecified atom stereocenters. The van der Waals surface area contributed by atoms with Crippen LogP contribution in [0.15, 0.2) is 72.8 Å². The predicted molar refractivity (Wildman–Crippen MR) is 166 cm³/mol. The van der Waals surface area contributed by atoms with Crippen LogP contribution in [0, 0.1) is 0 Å². The number of halogens is 1. The summed E-state index contributed by atoms with van der Waals surface area (Å²) in [6.45, 7) is 5.00. The minimum absolute atomic E-state index is 0.0232. The molecule has 0 heterocycles. The highest BCUT2D eigenvalue weighted by molar-refractivity contribution is 7.92. The molecule has 0 saturated heterocycles. The van der Waals surface area contributed by atoms with Gasteiger partial charge in [0.1, 0.15) is 24.1 Å².